The molecule has 1 aromatic heterocycles. The molecule has 20 heavy (non-hydrogen) atoms. The third kappa shape index (κ3) is 2.63. The molecule has 1 heterocycles. The largest absolute Gasteiger partial charge is 0.292 e. The van der Waals surface area contributed by atoms with Crippen LogP contribution in [0.1, 0.15) is 25.7 Å². The maximum absolute atomic E-state index is 12.2. The fraction of sp³-hybridized carbons (Fsp3) is 0.667. The second kappa shape index (κ2) is 5.27. The van der Waals surface area contributed by atoms with E-state index < -0.39 is 10.0 Å². The molecular formula is C12H19N5O2S. The van der Waals surface area contributed by atoms with Gasteiger partial charge in [0.15, 0.2) is 0 Å². The van der Waals surface area contributed by atoms with Gasteiger partial charge in [0, 0.05) is 6.54 Å². The topological polar surface area (TPSA) is 110 Å². The van der Waals surface area contributed by atoms with Gasteiger partial charge in [-0.1, -0.05) is 6.42 Å². The van der Waals surface area contributed by atoms with Crippen LogP contribution in [0.2, 0.25) is 0 Å². The van der Waals surface area contributed by atoms with Crippen LogP contribution in [0.5, 0.6) is 0 Å². The smallest absolute Gasteiger partial charge is 0.243 e. The van der Waals surface area contributed by atoms with E-state index in [2.05, 4.69) is 20.1 Å². The summed E-state index contributed by atoms with van der Waals surface area (Å²) in [6.45, 7) is 0.514. The molecule has 0 aromatic carbocycles. The number of rotatable bonds is 5. The third-order valence-corrected chi connectivity index (χ3v) is 5.87. The molecule has 0 amide bonds. The summed E-state index contributed by atoms with van der Waals surface area (Å²) in [6.07, 6.45) is 7.50. The number of hydrogen-bond donors (Lipinski definition) is 3. The van der Waals surface area contributed by atoms with Crippen LogP contribution < -0.4 is 16.0 Å². The maximum atomic E-state index is 12.2. The van der Waals surface area contributed by atoms with Crippen molar-refractivity contribution in [3.63, 3.8) is 0 Å². The van der Waals surface area contributed by atoms with Gasteiger partial charge in [0.2, 0.25) is 16.0 Å². The lowest BCUT2D eigenvalue weighted by atomic mass is 9.89. The summed E-state index contributed by atoms with van der Waals surface area (Å²) in [7, 11) is -3.53. The van der Waals surface area contributed by atoms with Crippen LogP contribution in [0.15, 0.2) is 17.3 Å². The lowest BCUT2D eigenvalue weighted by Crippen LogP contribution is -2.31. The van der Waals surface area contributed by atoms with Crippen LogP contribution in [-0.4, -0.2) is 24.9 Å². The Balaban J connectivity index is 1.63. The Kier molecular flexibility index (Phi) is 3.61. The molecule has 2 saturated carbocycles. The molecule has 3 rings (SSSR count). The number of nitrogens with zero attached hydrogens (tertiary/aromatic N) is 2. The highest BCUT2D eigenvalue weighted by Crippen LogP contribution is 2.48. The van der Waals surface area contributed by atoms with Gasteiger partial charge in [-0.25, -0.2) is 29.0 Å². The Hall–Kier alpha value is -1.25. The highest BCUT2D eigenvalue weighted by molar-refractivity contribution is 7.89. The molecule has 110 valence electrons. The number of aromatic nitrogens is 2. The lowest BCUT2D eigenvalue weighted by Gasteiger charge is -2.21. The SMILES string of the molecule is NNc1ncc(S(=O)(=O)NCC2CC3CCC2C3)cn1. The standard InChI is InChI=1S/C12H19N5O2S/c13-17-12-14-6-11(7-15-12)20(18,19)16-5-10-4-8-1-2-9(10)3-8/h6-10,16H,1-5,13H2,(H,14,15,17). The first-order valence-electron chi connectivity index (χ1n) is 6.87. The number of nitrogen functional groups attached to an aromatic ring is 1. The summed E-state index contributed by atoms with van der Waals surface area (Å²) in [6, 6.07) is 0. The summed E-state index contributed by atoms with van der Waals surface area (Å²) in [5.74, 6) is 7.33. The van der Waals surface area contributed by atoms with Crippen molar-refractivity contribution in [3.05, 3.63) is 12.4 Å². The van der Waals surface area contributed by atoms with Crippen LogP contribution in [0, 0.1) is 17.8 Å². The minimum Gasteiger partial charge on any atom is -0.292 e. The van der Waals surface area contributed by atoms with Crippen molar-refractivity contribution in [2.45, 2.75) is 30.6 Å². The number of nitrogens with two attached hydrogens (primary N) is 1. The van der Waals surface area contributed by atoms with Gasteiger partial charge in [-0.05, 0) is 37.0 Å². The monoisotopic (exact) mass is 297 g/mol. The van der Waals surface area contributed by atoms with Crippen LogP contribution in [0.4, 0.5) is 5.95 Å². The molecule has 0 radical (unpaired) electrons. The highest BCUT2D eigenvalue weighted by Gasteiger charge is 2.39. The molecule has 4 N–H and O–H groups in total. The van der Waals surface area contributed by atoms with E-state index in [0.717, 1.165) is 12.3 Å². The van der Waals surface area contributed by atoms with Crippen molar-refractivity contribution in [2.75, 3.05) is 12.0 Å². The summed E-state index contributed by atoms with van der Waals surface area (Å²) >= 11 is 0. The van der Waals surface area contributed by atoms with Gasteiger partial charge in [-0.2, -0.15) is 0 Å². The van der Waals surface area contributed by atoms with E-state index >= 15 is 0 Å². The van der Waals surface area contributed by atoms with Gasteiger partial charge in [0.25, 0.3) is 0 Å². The maximum Gasteiger partial charge on any atom is 0.243 e. The summed E-state index contributed by atoms with van der Waals surface area (Å²) in [5, 5.41) is 0. The van der Waals surface area contributed by atoms with E-state index in [9.17, 15) is 8.42 Å². The Bertz CT molecular complexity index is 574. The molecule has 2 aliphatic rings. The zero-order chi connectivity index (χ0) is 14.2. The van der Waals surface area contributed by atoms with Crippen molar-refractivity contribution in [1.29, 1.82) is 0 Å². The number of hydrogen-bond acceptors (Lipinski definition) is 6. The molecule has 8 heteroatoms. The predicted molar refractivity (Wildman–Crippen MR) is 74.0 cm³/mol. The van der Waals surface area contributed by atoms with Crippen LogP contribution in [-0.2, 0) is 10.0 Å². The van der Waals surface area contributed by atoms with Crippen molar-refractivity contribution in [1.82, 2.24) is 14.7 Å². The Morgan fingerprint density at radius 1 is 1.25 bits per heavy atom. The minimum atomic E-state index is -3.53. The van der Waals surface area contributed by atoms with Gasteiger partial charge in [-0.15, -0.1) is 0 Å². The molecule has 2 fully saturated rings. The lowest BCUT2D eigenvalue weighted by molar-refractivity contribution is 0.333. The average Bonchev–Trinajstić information content (AvgIpc) is 3.08. The van der Waals surface area contributed by atoms with E-state index in [0.29, 0.717) is 18.4 Å². The first kappa shape index (κ1) is 13.7. The number of fused-ring (bicyclic) bond motifs is 2. The number of sulfonamides is 1. The molecule has 0 saturated heterocycles. The molecular weight excluding hydrogens is 278 g/mol. The van der Waals surface area contributed by atoms with Gasteiger partial charge in [0.05, 0.1) is 12.4 Å². The Morgan fingerprint density at radius 2 is 2.00 bits per heavy atom. The van der Waals surface area contributed by atoms with Gasteiger partial charge in [0.1, 0.15) is 4.90 Å². The minimum absolute atomic E-state index is 0.0691. The molecule has 0 spiro atoms. The molecule has 2 bridgehead atoms. The van der Waals surface area contributed by atoms with E-state index in [1.165, 1.54) is 31.7 Å². The van der Waals surface area contributed by atoms with Crippen molar-refractivity contribution in [2.24, 2.45) is 23.6 Å². The summed E-state index contributed by atoms with van der Waals surface area (Å²) in [4.78, 5) is 7.70. The van der Waals surface area contributed by atoms with Crippen molar-refractivity contribution in [3.8, 4) is 0 Å². The quantitative estimate of drug-likeness (QED) is 0.538. The molecule has 0 aliphatic heterocycles. The van der Waals surface area contributed by atoms with Gasteiger partial charge >= 0.3 is 0 Å². The zero-order valence-electron chi connectivity index (χ0n) is 11.1. The molecule has 3 unspecified atom stereocenters. The van der Waals surface area contributed by atoms with Crippen LogP contribution in [0.3, 0.4) is 0 Å². The summed E-state index contributed by atoms with van der Waals surface area (Å²) < 4.78 is 27.0. The first-order valence-corrected chi connectivity index (χ1v) is 8.35. The fourth-order valence-electron chi connectivity index (χ4n) is 3.46. The highest BCUT2D eigenvalue weighted by atomic mass is 32.2. The van der Waals surface area contributed by atoms with Crippen molar-refractivity contribution < 1.29 is 8.42 Å². The molecule has 3 atom stereocenters. The molecule has 2 aliphatic carbocycles. The second-order valence-electron chi connectivity index (χ2n) is 5.67. The molecule has 7 nitrogen and oxygen atoms in total. The Labute approximate surface area is 118 Å². The fourth-order valence-corrected chi connectivity index (χ4v) is 4.44. The number of hydrazine groups is 1. The second-order valence-corrected chi connectivity index (χ2v) is 7.44. The average molecular weight is 297 g/mol. The van der Waals surface area contributed by atoms with Gasteiger partial charge < -0.3 is 0 Å². The van der Waals surface area contributed by atoms with Crippen molar-refractivity contribution >= 4 is 16.0 Å². The molecule has 1 aromatic rings. The number of anilines is 1. The Morgan fingerprint density at radius 3 is 2.55 bits per heavy atom. The van der Waals surface area contributed by atoms with E-state index in [1.807, 2.05) is 0 Å². The summed E-state index contributed by atoms with van der Waals surface area (Å²) in [5.41, 5.74) is 2.26. The zero-order valence-corrected chi connectivity index (χ0v) is 11.9. The third-order valence-electron chi connectivity index (χ3n) is 4.49. The number of nitrogens with one attached hydrogen (secondary N) is 2. The first-order chi connectivity index (χ1) is 9.58. The van der Waals surface area contributed by atoms with Crippen LogP contribution >= 0.6 is 0 Å². The van der Waals surface area contributed by atoms with Crippen LogP contribution in [0.25, 0.3) is 0 Å². The van der Waals surface area contributed by atoms with Gasteiger partial charge in [-0.3, -0.25) is 5.43 Å². The van der Waals surface area contributed by atoms with E-state index in [1.54, 1.807) is 0 Å². The predicted octanol–water partition coefficient (Wildman–Crippen LogP) is 0.477. The normalized spacial score (nSPS) is 28.8. The van der Waals surface area contributed by atoms with E-state index in [-0.39, 0.29) is 10.8 Å². The van der Waals surface area contributed by atoms with E-state index in [4.69, 9.17) is 5.84 Å².